The summed E-state index contributed by atoms with van der Waals surface area (Å²) in [5, 5.41) is 1.95. The first-order valence-corrected chi connectivity index (χ1v) is 9.96. The molecular formula is C22H21F2NO4S. The van der Waals surface area contributed by atoms with Gasteiger partial charge in [-0.25, -0.2) is 0 Å². The quantitative estimate of drug-likeness (QED) is 0.465. The van der Waals surface area contributed by atoms with Crippen molar-refractivity contribution < 1.29 is 27.8 Å². The summed E-state index contributed by atoms with van der Waals surface area (Å²) in [5.74, 6) is 0.351. The van der Waals surface area contributed by atoms with Gasteiger partial charge in [-0.1, -0.05) is 24.3 Å². The van der Waals surface area contributed by atoms with E-state index in [4.69, 9.17) is 9.47 Å². The van der Waals surface area contributed by atoms with Crippen LogP contribution < -0.4 is 14.2 Å². The Kier molecular flexibility index (Phi) is 7.24. The molecule has 0 aliphatic carbocycles. The predicted molar refractivity (Wildman–Crippen MR) is 111 cm³/mol. The number of nitrogens with zero attached hydrogens (tertiary/aromatic N) is 1. The monoisotopic (exact) mass is 433 g/mol. The summed E-state index contributed by atoms with van der Waals surface area (Å²) < 4.78 is 40.2. The number of hydrogen-bond donors (Lipinski definition) is 0. The summed E-state index contributed by atoms with van der Waals surface area (Å²) in [6.45, 7) is -2.27. The lowest BCUT2D eigenvalue weighted by molar-refractivity contribution is -0.0512. The van der Waals surface area contributed by atoms with Crippen LogP contribution in [-0.2, 0) is 13.1 Å². The van der Waals surface area contributed by atoms with E-state index in [1.165, 1.54) is 25.3 Å². The Morgan fingerprint density at radius 3 is 2.40 bits per heavy atom. The Hall–Kier alpha value is -3.13. The van der Waals surface area contributed by atoms with Crippen LogP contribution in [-0.4, -0.2) is 31.6 Å². The van der Waals surface area contributed by atoms with Crippen LogP contribution in [0, 0.1) is 0 Å². The number of amides is 1. The minimum absolute atomic E-state index is 0.0644. The van der Waals surface area contributed by atoms with Gasteiger partial charge in [0.2, 0.25) is 0 Å². The van der Waals surface area contributed by atoms with Crippen molar-refractivity contribution in [1.29, 1.82) is 0 Å². The number of halogens is 2. The summed E-state index contributed by atoms with van der Waals surface area (Å²) in [6.07, 6.45) is 0. The van der Waals surface area contributed by atoms with E-state index in [0.29, 0.717) is 24.4 Å². The lowest BCUT2D eigenvalue weighted by atomic mass is 10.1. The zero-order valence-corrected chi connectivity index (χ0v) is 17.3. The SMILES string of the molecule is COc1ccccc1CN(Cc1cccs1)C(=O)c1ccc(OC(F)F)c(OC)c1. The lowest BCUT2D eigenvalue weighted by Gasteiger charge is -2.24. The van der Waals surface area contributed by atoms with E-state index in [1.54, 1.807) is 23.3 Å². The van der Waals surface area contributed by atoms with Crippen LogP contribution in [0.3, 0.4) is 0 Å². The molecule has 0 aliphatic heterocycles. The fraction of sp³-hybridized carbons (Fsp3) is 0.227. The van der Waals surface area contributed by atoms with E-state index in [0.717, 1.165) is 10.4 Å². The Bertz CT molecular complexity index is 979. The van der Waals surface area contributed by atoms with E-state index < -0.39 is 6.61 Å². The molecule has 5 nitrogen and oxygen atoms in total. The topological polar surface area (TPSA) is 48.0 Å². The summed E-state index contributed by atoms with van der Waals surface area (Å²) in [7, 11) is 2.91. The van der Waals surface area contributed by atoms with E-state index in [-0.39, 0.29) is 17.4 Å². The summed E-state index contributed by atoms with van der Waals surface area (Å²) >= 11 is 1.55. The zero-order valence-electron chi connectivity index (χ0n) is 16.5. The fourth-order valence-corrected chi connectivity index (χ4v) is 3.73. The minimum Gasteiger partial charge on any atom is -0.496 e. The van der Waals surface area contributed by atoms with Crippen LogP contribution in [0.2, 0.25) is 0 Å². The van der Waals surface area contributed by atoms with Crippen molar-refractivity contribution in [2.24, 2.45) is 0 Å². The normalized spacial score (nSPS) is 10.7. The number of benzene rings is 2. The molecule has 2 aromatic carbocycles. The van der Waals surface area contributed by atoms with Crippen LogP contribution in [0.5, 0.6) is 17.2 Å². The highest BCUT2D eigenvalue weighted by Gasteiger charge is 2.21. The molecule has 3 rings (SSSR count). The number of alkyl halides is 2. The number of ether oxygens (including phenoxy) is 3. The molecule has 0 unspecified atom stereocenters. The molecule has 0 spiro atoms. The lowest BCUT2D eigenvalue weighted by Crippen LogP contribution is -2.30. The van der Waals surface area contributed by atoms with Crippen molar-refractivity contribution in [3.63, 3.8) is 0 Å². The number of carbonyl (C=O) groups is 1. The van der Waals surface area contributed by atoms with Crippen LogP contribution in [0.25, 0.3) is 0 Å². The predicted octanol–water partition coefficient (Wildman–Crippen LogP) is 5.21. The van der Waals surface area contributed by atoms with Gasteiger partial charge in [0.15, 0.2) is 11.5 Å². The van der Waals surface area contributed by atoms with Crippen molar-refractivity contribution >= 4 is 17.2 Å². The maximum Gasteiger partial charge on any atom is 0.387 e. The highest BCUT2D eigenvalue weighted by Crippen LogP contribution is 2.31. The van der Waals surface area contributed by atoms with Gasteiger partial charge in [-0.2, -0.15) is 8.78 Å². The molecule has 3 aromatic rings. The molecule has 0 atom stereocenters. The molecule has 1 heterocycles. The van der Waals surface area contributed by atoms with Crippen molar-refractivity contribution in [1.82, 2.24) is 4.90 Å². The van der Waals surface area contributed by atoms with Crippen molar-refractivity contribution in [2.75, 3.05) is 14.2 Å². The van der Waals surface area contributed by atoms with Gasteiger partial charge in [-0.15, -0.1) is 11.3 Å². The highest BCUT2D eigenvalue weighted by atomic mass is 32.1. The highest BCUT2D eigenvalue weighted by molar-refractivity contribution is 7.09. The molecule has 30 heavy (non-hydrogen) atoms. The molecule has 0 saturated heterocycles. The first-order valence-electron chi connectivity index (χ1n) is 9.08. The number of para-hydroxylation sites is 1. The molecular weight excluding hydrogens is 412 g/mol. The van der Waals surface area contributed by atoms with E-state index in [9.17, 15) is 13.6 Å². The summed E-state index contributed by atoms with van der Waals surface area (Å²) in [4.78, 5) is 16.0. The number of thiophene rings is 1. The van der Waals surface area contributed by atoms with Gasteiger partial charge in [0, 0.05) is 16.0 Å². The third-order valence-corrected chi connectivity index (χ3v) is 5.26. The van der Waals surface area contributed by atoms with Gasteiger partial charge in [0.05, 0.1) is 27.3 Å². The first kappa shape index (κ1) is 21.6. The smallest absolute Gasteiger partial charge is 0.387 e. The van der Waals surface area contributed by atoms with Gasteiger partial charge in [-0.05, 0) is 35.7 Å². The summed E-state index contributed by atoms with van der Waals surface area (Å²) in [6, 6.07) is 15.5. The zero-order chi connectivity index (χ0) is 21.5. The molecule has 0 saturated carbocycles. The van der Waals surface area contributed by atoms with Crippen LogP contribution in [0.15, 0.2) is 60.0 Å². The Morgan fingerprint density at radius 1 is 0.967 bits per heavy atom. The molecule has 0 bridgehead atoms. The average molecular weight is 433 g/mol. The molecule has 8 heteroatoms. The molecule has 1 aromatic heterocycles. The van der Waals surface area contributed by atoms with E-state index >= 15 is 0 Å². The molecule has 0 aliphatic rings. The van der Waals surface area contributed by atoms with Gasteiger partial charge in [0.25, 0.3) is 5.91 Å². The maximum absolute atomic E-state index is 13.3. The standard InChI is InChI=1S/C22H21F2NO4S/c1-27-18-8-4-3-6-16(18)13-25(14-17-7-5-11-30-17)21(26)15-9-10-19(29-22(23)24)20(12-15)28-2/h3-12,22H,13-14H2,1-2H3. The maximum atomic E-state index is 13.3. The third kappa shape index (κ3) is 5.27. The van der Waals surface area contributed by atoms with Gasteiger partial charge >= 0.3 is 6.61 Å². The Labute approximate surface area is 177 Å². The van der Waals surface area contributed by atoms with E-state index in [2.05, 4.69) is 4.74 Å². The molecule has 1 amide bonds. The number of hydrogen-bond acceptors (Lipinski definition) is 5. The van der Waals surface area contributed by atoms with Gasteiger partial charge in [0.1, 0.15) is 5.75 Å². The third-order valence-electron chi connectivity index (χ3n) is 4.39. The number of rotatable bonds is 9. The average Bonchev–Trinajstić information content (AvgIpc) is 3.26. The van der Waals surface area contributed by atoms with Gasteiger partial charge < -0.3 is 19.1 Å². The Morgan fingerprint density at radius 2 is 1.73 bits per heavy atom. The van der Waals surface area contributed by atoms with Crippen LogP contribution in [0.4, 0.5) is 8.78 Å². The van der Waals surface area contributed by atoms with Crippen molar-refractivity contribution in [3.8, 4) is 17.2 Å². The Balaban J connectivity index is 1.91. The molecule has 0 radical (unpaired) electrons. The van der Waals surface area contributed by atoms with Crippen molar-refractivity contribution in [3.05, 3.63) is 76.0 Å². The summed E-state index contributed by atoms with van der Waals surface area (Å²) in [5.41, 5.74) is 1.16. The number of methoxy groups -OCH3 is 2. The molecule has 158 valence electrons. The molecule has 0 fully saturated rings. The second kappa shape index (κ2) is 10.1. The van der Waals surface area contributed by atoms with Crippen LogP contribution >= 0.6 is 11.3 Å². The number of carbonyl (C=O) groups excluding carboxylic acids is 1. The first-order chi connectivity index (χ1) is 14.5. The van der Waals surface area contributed by atoms with E-state index in [1.807, 2.05) is 41.8 Å². The fourth-order valence-electron chi connectivity index (χ4n) is 3.01. The van der Waals surface area contributed by atoms with Crippen LogP contribution in [0.1, 0.15) is 20.8 Å². The largest absolute Gasteiger partial charge is 0.496 e. The second-order valence-corrected chi connectivity index (χ2v) is 7.33. The molecule has 0 N–H and O–H groups in total. The second-order valence-electron chi connectivity index (χ2n) is 6.30. The van der Waals surface area contributed by atoms with Crippen molar-refractivity contribution in [2.45, 2.75) is 19.7 Å². The van der Waals surface area contributed by atoms with Gasteiger partial charge in [-0.3, -0.25) is 4.79 Å². The minimum atomic E-state index is -2.98.